The molecule has 5 heteroatoms. The van der Waals surface area contributed by atoms with Gasteiger partial charge in [0.25, 0.3) is 0 Å². The Kier molecular flexibility index (Phi) is 4.50. The van der Waals surface area contributed by atoms with Crippen LogP contribution in [0, 0.1) is 11.3 Å². The van der Waals surface area contributed by atoms with Crippen LogP contribution in [0.15, 0.2) is 66.7 Å². The molecule has 26 heavy (non-hydrogen) atoms. The molecule has 0 saturated carbocycles. The minimum absolute atomic E-state index is 0.141. The van der Waals surface area contributed by atoms with E-state index in [2.05, 4.69) is 6.07 Å². The number of benzene rings is 3. The first-order valence-electron chi connectivity index (χ1n) is 7.72. The highest BCUT2D eigenvalue weighted by Crippen LogP contribution is 2.32. The van der Waals surface area contributed by atoms with Crippen molar-refractivity contribution in [3.8, 4) is 28.3 Å². The van der Waals surface area contributed by atoms with Crippen LogP contribution in [-0.4, -0.2) is 22.2 Å². The molecular weight excluding hydrogens is 330 g/mol. The van der Waals surface area contributed by atoms with Crippen molar-refractivity contribution in [1.82, 2.24) is 0 Å². The van der Waals surface area contributed by atoms with E-state index in [0.717, 1.165) is 0 Å². The van der Waals surface area contributed by atoms with Crippen LogP contribution in [0.25, 0.3) is 22.3 Å². The van der Waals surface area contributed by atoms with Gasteiger partial charge in [0.05, 0.1) is 16.7 Å². The number of rotatable bonds is 4. The van der Waals surface area contributed by atoms with Gasteiger partial charge in [-0.2, -0.15) is 5.26 Å². The Hall–Kier alpha value is -3.91. The van der Waals surface area contributed by atoms with E-state index in [1.807, 2.05) is 0 Å². The molecule has 2 N–H and O–H groups in total. The highest BCUT2D eigenvalue weighted by atomic mass is 16.4. The molecule has 0 aromatic heterocycles. The number of carboxylic acid groups (broad SMARTS) is 2. The van der Waals surface area contributed by atoms with Crippen LogP contribution < -0.4 is 0 Å². The van der Waals surface area contributed by atoms with Gasteiger partial charge in [0.2, 0.25) is 0 Å². The molecule has 3 aromatic carbocycles. The fraction of sp³-hybridized carbons (Fsp3) is 0. The van der Waals surface area contributed by atoms with Crippen molar-refractivity contribution < 1.29 is 19.8 Å². The number of nitriles is 1. The van der Waals surface area contributed by atoms with Crippen molar-refractivity contribution in [1.29, 1.82) is 5.26 Å². The molecule has 0 unspecified atom stereocenters. The number of aromatic carboxylic acids is 2. The van der Waals surface area contributed by atoms with Gasteiger partial charge in [-0.05, 0) is 35.4 Å². The van der Waals surface area contributed by atoms with E-state index >= 15 is 0 Å². The molecule has 3 rings (SSSR count). The van der Waals surface area contributed by atoms with Crippen LogP contribution >= 0.6 is 0 Å². The Morgan fingerprint density at radius 3 is 1.88 bits per heavy atom. The van der Waals surface area contributed by atoms with Gasteiger partial charge < -0.3 is 10.2 Å². The lowest BCUT2D eigenvalue weighted by Crippen LogP contribution is -1.97. The lowest BCUT2D eigenvalue weighted by atomic mass is 9.91. The molecule has 0 fully saturated rings. The topological polar surface area (TPSA) is 98.4 Å². The monoisotopic (exact) mass is 343 g/mol. The van der Waals surface area contributed by atoms with Gasteiger partial charge in [0, 0.05) is 11.1 Å². The summed E-state index contributed by atoms with van der Waals surface area (Å²) in [6.07, 6.45) is 0. The van der Waals surface area contributed by atoms with Gasteiger partial charge in [0.1, 0.15) is 6.07 Å². The Balaban J connectivity index is 2.14. The molecule has 0 spiro atoms. The Morgan fingerprint density at radius 2 is 1.31 bits per heavy atom. The first-order chi connectivity index (χ1) is 12.5. The van der Waals surface area contributed by atoms with Crippen LogP contribution in [0.2, 0.25) is 0 Å². The molecule has 3 aromatic rings. The highest BCUT2D eigenvalue weighted by Gasteiger charge is 2.13. The zero-order chi connectivity index (χ0) is 18.7. The van der Waals surface area contributed by atoms with Crippen LogP contribution in [-0.2, 0) is 0 Å². The molecule has 0 atom stereocenters. The van der Waals surface area contributed by atoms with Crippen molar-refractivity contribution in [3.05, 3.63) is 83.4 Å². The second kappa shape index (κ2) is 6.91. The van der Waals surface area contributed by atoms with Crippen LogP contribution in [0.3, 0.4) is 0 Å². The minimum Gasteiger partial charge on any atom is -0.478 e. The predicted molar refractivity (Wildman–Crippen MR) is 95.9 cm³/mol. The summed E-state index contributed by atoms with van der Waals surface area (Å²) in [5.74, 6) is -2.05. The number of carbonyl (C=O) groups is 2. The smallest absolute Gasteiger partial charge is 0.335 e. The Bertz CT molecular complexity index is 1050. The zero-order valence-corrected chi connectivity index (χ0v) is 13.5. The summed E-state index contributed by atoms with van der Waals surface area (Å²) in [5.41, 5.74) is 3.32. The second-order valence-corrected chi connectivity index (χ2v) is 5.61. The third-order valence-electron chi connectivity index (χ3n) is 4.04. The molecule has 5 nitrogen and oxygen atoms in total. The van der Waals surface area contributed by atoms with Gasteiger partial charge in [-0.25, -0.2) is 9.59 Å². The SMILES string of the molecule is N#Cc1c(-c2ccc(C(=O)O)cc2)cccc1-c1cccc(C(=O)O)c1. The van der Waals surface area contributed by atoms with Crippen LogP contribution in [0.1, 0.15) is 26.3 Å². The Labute approximate surface area is 149 Å². The largest absolute Gasteiger partial charge is 0.478 e. The van der Waals surface area contributed by atoms with Crippen molar-refractivity contribution >= 4 is 11.9 Å². The molecule has 126 valence electrons. The Morgan fingerprint density at radius 1 is 0.731 bits per heavy atom. The predicted octanol–water partition coefficient (Wildman–Crippen LogP) is 4.29. The van der Waals surface area contributed by atoms with Crippen molar-refractivity contribution in [3.63, 3.8) is 0 Å². The second-order valence-electron chi connectivity index (χ2n) is 5.61. The first-order valence-corrected chi connectivity index (χ1v) is 7.72. The van der Waals surface area contributed by atoms with Gasteiger partial charge >= 0.3 is 11.9 Å². The molecule has 0 aliphatic carbocycles. The van der Waals surface area contributed by atoms with E-state index < -0.39 is 11.9 Å². The fourth-order valence-corrected chi connectivity index (χ4v) is 2.77. The van der Waals surface area contributed by atoms with Crippen molar-refractivity contribution in [2.24, 2.45) is 0 Å². The van der Waals surface area contributed by atoms with E-state index in [0.29, 0.717) is 27.8 Å². The number of nitrogens with zero attached hydrogens (tertiary/aromatic N) is 1. The standard InChI is InChI=1S/C21H13NO4/c22-12-19-17(13-7-9-14(10-8-13)20(23)24)5-2-6-18(19)15-3-1-4-16(11-15)21(25)26/h1-11H,(H,23,24)(H,25,26). The van der Waals surface area contributed by atoms with Crippen molar-refractivity contribution in [2.45, 2.75) is 0 Å². The molecule has 0 aliphatic rings. The third-order valence-corrected chi connectivity index (χ3v) is 4.04. The maximum absolute atomic E-state index is 11.2. The molecule has 0 heterocycles. The van der Waals surface area contributed by atoms with Gasteiger partial charge in [-0.3, -0.25) is 0 Å². The lowest BCUT2D eigenvalue weighted by Gasteiger charge is -2.11. The fourth-order valence-electron chi connectivity index (χ4n) is 2.77. The molecule has 0 radical (unpaired) electrons. The third kappa shape index (κ3) is 3.17. The van der Waals surface area contributed by atoms with Gasteiger partial charge in [0.15, 0.2) is 0 Å². The molecular formula is C21H13NO4. The molecule has 0 amide bonds. The summed E-state index contributed by atoms with van der Waals surface area (Å²) in [6, 6.07) is 20.2. The maximum Gasteiger partial charge on any atom is 0.335 e. The zero-order valence-electron chi connectivity index (χ0n) is 13.5. The first kappa shape index (κ1) is 16.9. The normalized spacial score (nSPS) is 10.1. The molecule has 0 bridgehead atoms. The summed E-state index contributed by atoms with van der Waals surface area (Å²) >= 11 is 0. The highest BCUT2D eigenvalue weighted by molar-refractivity contribution is 5.91. The van der Waals surface area contributed by atoms with E-state index in [1.165, 1.54) is 24.3 Å². The van der Waals surface area contributed by atoms with E-state index in [-0.39, 0.29) is 11.1 Å². The van der Waals surface area contributed by atoms with E-state index in [9.17, 15) is 20.0 Å². The average molecular weight is 343 g/mol. The average Bonchev–Trinajstić information content (AvgIpc) is 2.67. The van der Waals surface area contributed by atoms with E-state index in [4.69, 9.17) is 5.11 Å². The van der Waals surface area contributed by atoms with Crippen molar-refractivity contribution in [2.75, 3.05) is 0 Å². The number of carboxylic acids is 2. The summed E-state index contributed by atoms with van der Waals surface area (Å²) in [7, 11) is 0. The maximum atomic E-state index is 11.2. The summed E-state index contributed by atoms with van der Waals surface area (Å²) in [4.78, 5) is 22.2. The quantitative estimate of drug-likeness (QED) is 0.736. The van der Waals surface area contributed by atoms with Crippen LogP contribution in [0.5, 0.6) is 0 Å². The summed E-state index contributed by atoms with van der Waals surface area (Å²) in [5, 5.41) is 27.9. The summed E-state index contributed by atoms with van der Waals surface area (Å²) in [6.45, 7) is 0. The summed E-state index contributed by atoms with van der Waals surface area (Å²) < 4.78 is 0. The number of hydrogen-bond donors (Lipinski definition) is 2. The van der Waals surface area contributed by atoms with Gasteiger partial charge in [-0.15, -0.1) is 0 Å². The lowest BCUT2D eigenvalue weighted by molar-refractivity contribution is 0.0686. The number of hydrogen-bond acceptors (Lipinski definition) is 3. The minimum atomic E-state index is -1.04. The van der Waals surface area contributed by atoms with E-state index in [1.54, 1.807) is 42.5 Å². The molecule has 0 aliphatic heterocycles. The van der Waals surface area contributed by atoms with Gasteiger partial charge in [-0.1, -0.05) is 42.5 Å². The van der Waals surface area contributed by atoms with Crippen LogP contribution in [0.4, 0.5) is 0 Å². The molecule has 0 saturated heterocycles.